The van der Waals surface area contributed by atoms with Crippen LogP contribution in [0.25, 0.3) is 11.3 Å². The molecule has 0 N–H and O–H groups in total. The number of rotatable bonds is 3. The Morgan fingerprint density at radius 2 is 1.87 bits per heavy atom. The van der Waals surface area contributed by atoms with Crippen molar-refractivity contribution < 1.29 is 0 Å². The summed E-state index contributed by atoms with van der Waals surface area (Å²) in [5.41, 5.74) is 2.57. The SMILES string of the molecule is CCCn1cccc1-c1ccc(Br)cc1. The third-order valence-corrected chi connectivity index (χ3v) is 2.96. The van der Waals surface area contributed by atoms with Gasteiger partial charge in [-0.25, -0.2) is 0 Å². The Hall–Kier alpha value is -1.02. The van der Waals surface area contributed by atoms with Crippen molar-refractivity contribution >= 4 is 15.9 Å². The Morgan fingerprint density at radius 1 is 1.13 bits per heavy atom. The standard InChI is InChI=1S/C13H14BrN/c1-2-9-15-10-3-4-13(15)11-5-7-12(14)8-6-11/h3-8,10H,2,9H2,1H3. The van der Waals surface area contributed by atoms with Gasteiger partial charge in [0.2, 0.25) is 0 Å². The van der Waals surface area contributed by atoms with E-state index < -0.39 is 0 Å². The lowest BCUT2D eigenvalue weighted by Gasteiger charge is -2.07. The summed E-state index contributed by atoms with van der Waals surface area (Å²) < 4.78 is 3.42. The number of aryl methyl sites for hydroxylation is 1. The van der Waals surface area contributed by atoms with Crippen LogP contribution in [-0.4, -0.2) is 4.57 Å². The molecule has 0 atom stereocenters. The molecule has 78 valence electrons. The topological polar surface area (TPSA) is 4.93 Å². The van der Waals surface area contributed by atoms with E-state index in [-0.39, 0.29) is 0 Å². The highest BCUT2D eigenvalue weighted by Gasteiger charge is 2.02. The van der Waals surface area contributed by atoms with Crippen molar-refractivity contribution in [2.24, 2.45) is 0 Å². The highest BCUT2D eigenvalue weighted by atomic mass is 79.9. The van der Waals surface area contributed by atoms with Crippen molar-refractivity contribution in [2.45, 2.75) is 19.9 Å². The molecule has 0 spiro atoms. The largest absolute Gasteiger partial charge is 0.348 e. The Morgan fingerprint density at radius 3 is 2.53 bits per heavy atom. The fraction of sp³-hybridized carbons (Fsp3) is 0.231. The minimum atomic E-state index is 1.08. The van der Waals surface area contributed by atoms with E-state index in [9.17, 15) is 0 Å². The molecule has 0 saturated heterocycles. The molecule has 15 heavy (non-hydrogen) atoms. The molecule has 0 bridgehead atoms. The van der Waals surface area contributed by atoms with Gasteiger partial charge in [0.1, 0.15) is 0 Å². The maximum Gasteiger partial charge on any atom is 0.0480 e. The molecule has 0 saturated carbocycles. The molecule has 1 nitrogen and oxygen atoms in total. The van der Waals surface area contributed by atoms with Gasteiger partial charge in [-0.2, -0.15) is 0 Å². The van der Waals surface area contributed by atoms with E-state index in [2.05, 4.69) is 70.0 Å². The van der Waals surface area contributed by atoms with Crippen LogP contribution in [0.1, 0.15) is 13.3 Å². The van der Waals surface area contributed by atoms with Gasteiger partial charge in [-0.15, -0.1) is 0 Å². The Balaban J connectivity index is 2.36. The van der Waals surface area contributed by atoms with Crippen LogP contribution >= 0.6 is 15.9 Å². The van der Waals surface area contributed by atoms with E-state index >= 15 is 0 Å². The summed E-state index contributed by atoms with van der Waals surface area (Å²) in [6, 6.07) is 12.7. The van der Waals surface area contributed by atoms with E-state index in [1.165, 1.54) is 11.3 Å². The minimum Gasteiger partial charge on any atom is -0.348 e. The van der Waals surface area contributed by atoms with Gasteiger partial charge >= 0.3 is 0 Å². The predicted molar refractivity (Wildman–Crippen MR) is 67.9 cm³/mol. The summed E-state index contributed by atoms with van der Waals surface area (Å²) in [6.45, 7) is 3.28. The summed E-state index contributed by atoms with van der Waals surface area (Å²) >= 11 is 3.45. The molecule has 1 aromatic carbocycles. The average molecular weight is 264 g/mol. The Bertz CT molecular complexity index is 428. The van der Waals surface area contributed by atoms with Crippen molar-refractivity contribution in [2.75, 3.05) is 0 Å². The zero-order chi connectivity index (χ0) is 10.7. The van der Waals surface area contributed by atoms with Crippen LogP contribution in [0, 0.1) is 0 Å². The molecule has 1 heterocycles. The van der Waals surface area contributed by atoms with Crippen molar-refractivity contribution in [3.05, 3.63) is 47.1 Å². The fourth-order valence-corrected chi connectivity index (χ4v) is 2.00. The second-order valence-electron chi connectivity index (χ2n) is 3.59. The minimum absolute atomic E-state index is 1.08. The smallest absolute Gasteiger partial charge is 0.0480 e. The zero-order valence-electron chi connectivity index (χ0n) is 8.78. The molecule has 0 unspecified atom stereocenters. The van der Waals surface area contributed by atoms with Crippen LogP contribution in [-0.2, 0) is 6.54 Å². The van der Waals surface area contributed by atoms with E-state index in [1.54, 1.807) is 0 Å². The third-order valence-electron chi connectivity index (χ3n) is 2.43. The monoisotopic (exact) mass is 263 g/mol. The van der Waals surface area contributed by atoms with E-state index in [4.69, 9.17) is 0 Å². The molecule has 2 aromatic rings. The normalized spacial score (nSPS) is 10.5. The van der Waals surface area contributed by atoms with Crippen molar-refractivity contribution in [3.63, 3.8) is 0 Å². The van der Waals surface area contributed by atoms with Gasteiger partial charge in [-0.05, 0) is 36.2 Å². The van der Waals surface area contributed by atoms with Crippen LogP contribution in [0.5, 0.6) is 0 Å². The van der Waals surface area contributed by atoms with E-state index in [0.29, 0.717) is 0 Å². The molecule has 0 fully saturated rings. The molecule has 0 aliphatic carbocycles. The highest BCUT2D eigenvalue weighted by Crippen LogP contribution is 2.22. The molecular weight excluding hydrogens is 250 g/mol. The number of benzene rings is 1. The lowest BCUT2D eigenvalue weighted by Crippen LogP contribution is -1.96. The Labute approximate surface area is 98.9 Å². The van der Waals surface area contributed by atoms with Crippen LogP contribution in [0.2, 0.25) is 0 Å². The van der Waals surface area contributed by atoms with Crippen LogP contribution in [0.15, 0.2) is 47.1 Å². The molecule has 1 aromatic heterocycles. The first-order chi connectivity index (χ1) is 7.31. The molecule has 2 heteroatoms. The van der Waals surface area contributed by atoms with Gasteiger partial charge in [0, 0.05) is 22.9 Å². The zero-order valence-corrected chi connectivity index (χ0v) is 10.4. The van der Waals surface area contributed by atoms with Gasteiger partial charge in [-0.1, -0.05) is 35.0 Å². The predicted octanol–water partition coefficient (Wildman–Crippen LogP) is 4.33. The van der Waals surface area contributed by atoms with Crippen molar-refractivity contribution in [1.82, 2.24) is 4.57 Å². The van der Waals surface area contributed by atoms with Crippen molar-refractivity contribution in [3.8, 4) is 11.3 Å². The van der Waals surface area contributed by atoms with E-state index in [1.807, 2.05) is 0 Å². The summed E-state index contributed by atoms with van der Waals surface area (Å²) in [5, 5.41) is 0. The lowest BCUT2D eigenvalue weighted by atomic mass is 10.1. The van der Waals surface area contributed by atoms with Gasteiger partial charge in [0.05, 0.1) is 0 Å². The van der Waals surface area contributed by atoms with E-state index in [0.717, 1.165) is 17.4 Å². The van der Waals surface area contributed by atoms with Gasteiger partial charge in [-0.3, -0.25) is 0 Å². The quantitative estimate of drug-likeness (QED) is 0.777. The summed E-state index contributed by atoms with van der Waals surface area (Å²) in [7, 11) is 0. The first kappa shape index (κ1) is 10.5. The molecule has 0 radical (unpaired) electrons. The fourth-order valence-electron chi connectivity index (χ4n) is 1.73. The molecular formula is C13H14BrN. The maximum absolute atomic E-state index is 3.45. The number of hydrogen-bond acceptors (Lipinski definition) is 0. The van der Waals surface area contributed by atoms with Crippen molar-refractivity contribution in [1.29, 1.82) is 0 Å². The number of aromatic nitrogens is 1. The third kappa shape index (κ3) is 2.32. The molecule has 0 amide bonds. The molecule has 0 aliphatic heterocycles. The first-order valence-corrected chi connectivity index (χ1v) is 6.01. The number of hydrogen-bond donors (Lipinski definition) is 0. The summed E-state index contributed by atoms with van der Waals surface area (Å²) in [5.74, 6) is 0. The van der Waals surface area contributed by atoms with Crippen LogP contribution < -0.4 is 0 Å². The van der Waals surface area contributed by atoms with Gasteiger partial charge < -0.3 is 4.57 Å². The summed E-state index contributed by atoms with van der Waals surface area (Å²) in [6.07, 6.45) is 3.30. The number of halogens is 1. The average Bonchev–Trinajstić information content (AvgIpc) is 2.68. The second kappa shape index (κ2) is 4.67. The Kier molecular flexibility index (Phi) is 3.27. The summed E-state index contributed by atoms with van der Waals surface area (Å²) in [4.78, 5) is 0. The molecule has 2 rings (SSSR count). The first-order valence-electron chi connectivity index (χ1n) is 5.22. The van der Waals surface area contributed by atoms with Crippen LogP contribution in [0.3, 0.4) is 0 Å². The second-order valence-corrected chi connectivity index (χ2v) is 4.51. The maximum atomic E-state index is 3.45. The molecule has 0 aliphatic rings. The van der Waals surface area contributed by atoms with Crippen LogP contribution in [0.4, 0.5) is 0 Å². The van der Waals surface area contributed by atoms with Gasteiger partial charge in [0.25, 0.3) is 0 Å². The highest BCUT2D eigenvalue weighted by molar-refractivity contribution is 9.10. The number of nitrogens with zero attached hydrogens (tertiary/aromatic N) is 1. The van der Waals surface area contributed by atoms with Gasteiger partial charge in [0.15, 0.2) is 0 Å². The lowest BCUT2D eigenvalue weighted by molar-refractivity contribution is 0.689.